The van der Waals surface area contributed by atoms with Gasteiger partial charge in [-0.05, 0) is 67.6 Å². The zero-order valence-corrected chi connectivity index (χ0v) is 19.4. The second kappa shape index (κ2) is 10.2. The maximum atomic E-state index is 12.4. The van der Waals surface area contributed by atoms with Crippen molar-refractivity contribution in [2.75, 3.05) is 39.9 Å². The lowest BCUT2D eigenvalue weighted by Crippen LogP contribution is -2.32. The van der Waals surface area contributed by atoms with Gasteiger partial charge in [0, 0.05) is 49.7 Å². The van der Waals surface area contributed by atoms with Crippen LogP contribution in [-0.4, -0.2) is 45.6 Å². The molecule has 2 aromatic carbocycles. The zero-order chi connectivity index (χ0) is 23.3. The monoisotopic (exact) mass is 470 g/mol. The molecule has 2 aliphatic rings. The Labute approximate surface area is 195 Å². The maximum Gasteiger partial charge on any atom is 0.241 e. The number of benzene rings is 2. The predicted octanol–water partition coefficient (Wildman–Crippen LogP) is 2.86. The van der Waals surface area contributed by atoms with Crippen molar-refractivity contribution in [2.24, 2.45) is 0 Å². The van der Waals surface area contributed by atoms with E-state index in [2.05, 4.69) is 14.9 Å². The molecule has 0 atom stereocenters. The van der Waals surface area contributed by atoms with Crippen LogP contribution in [0.2, 0.25) is 0 Å². The quantitative estimate of drug-likeness (QED) is 0.618. The Bertz CT molecular complexity index is 1080. The van der Waals surface area contributed by atoms with Crippen molar-refractivity contribution < 1.29 is 18.0 Å². The lowest BCUT2D eigenvalue weighted by Gasteiger charge is -2.28. The van der Waals surface area contributed by atoms with Crippen LogP contribution in [0.3, 0.4) is 0 Å². The minimum Gasteiger partial charge on any atom is -0.372 e. The van der Waals surface area contributed by atoms with E-state index >= 15 is 0 Å². The van der Waals surface area contributed by atoms with Crippen LogP contribution in [0.5, 0.6) is 0 Å². The highest BCUT2D eigenvalue weighted by Crippen LogP contribution is 2.23. The number of nitrogens with one attached hydrogen (secondary N) is 2. The SMILES string of the molecule is O=C(CS(=O)(=O)Nc1ccc(N2CCCCC2)cc1)NCc1ccc(N2CCCC2=O)cc1. The zero-order valence-electron chi connectivity index (χ0n) is 18.6. The topological polar surface area (TPSA) is 98.8 Å². The van der Waals surface area contributed by atoms with Gasteiger partial charge in [0.1, 0.15) is 5.75 Å². The molecule has 0 unspecified atom stereocenters. The Kier molecular flexibility index (Phi) is 7.17. The number of hydrogen-bond acceptors (Lipinski definition) is 5. The minimum atomic E-state index is -3.82. The highest BCUT2D eigenvalue weighted by Gasteiger charge is 2.21. The summed E-state index contributed by atoms with van der Waals surface area (Å²) in [6, 6.07) is 14.6. The van der Waals surface area contributed by atoms with Gasteiger partial charge in [0.2, 0.25) is 21.8 Å². The molecule has 2 aromatic rings. The van der Waals surface area contributed by atoms with Crippen LogP contribution in [0, 0.1) is 0 Å². The Morgan fingerprint density at radius 2 is 1.52 bits per heavy atom. The van der Waals surface area contributed by atoms with Crippen LogP contribution < -0.4 is 19.8 Å². The summed E-state index contributed by atoms with van der Waals surface area (Å²) in [6.07, 6.45) is 5.03. The third-order valence-corrected chi connectivity index (χ3v) is 7.18. The van der Waals surface area contributed by atoms with Crippen molar-refractivity contribution in [1.82, 2.24) is 5.32 Å². The Hall–Kier alpha value is -3.07. The first-order chi connectivity index (χ1) is 15.9. The van der Waals surface area contributed by atoms with Gasteiger partial charge in [-0.1, -0.05) is 12.1 Å². The maximum absolute atomic E-state index is 12.4. The van der Waals surface area contributed by atoms with Crippen LogP contribution >= 0.6 is 0 Å². The molecule has 8 nitrogen and oxygen atoms in total. The van der Waals surface area contributed by atoms with E-state index < -0.39 is 21.7 Å². The summed E-state index contributed by atoms with van der Waals surface area (Å²) in [6.45, 7) is 2.97. The van der Waals surface area contributed by atoms with Crippen LogP contribution in [0.1, 0.15) is 37.7 Å². The highest BCUT2D eigenvalue weighted by atomic mass is 32.2. The van der Waals surface area contributed by atoms with E-state index in [-0.39, 0.29) is 12.5 Å². The molecule has 2 saturated heterocycles. The number of rotatable bonds is 8. The molecular formula is C24H30N4O4S. The molecule has 9 heteroatoms. The highest BCUT2D eigenvalue weighted by molar-refractivity contribution is 7.93. The van der Waals surface area contributed by atoms with E-state index in [9.17, 15) is 18.0 Å². The van der Waals surface area contributed by atoms with Crippen molar-refractivity contribution in [3.05, 3.63) is 54.1 Å². The largest absolute Gasteiger partial charge is 0.372 e. The van der Waals surface area contributed by atoms with Gasteiger partial charge in [0.15, 0.2) is 0 Å². The van der Waals surface area contributed by atoms with Crippen molar-refractivity contribution in [1.29, 1.82) is 0 Å². The average molecular weight is 471 g/mol. The van der Waals surface area contributed by atoms with Gasteiger partial charge in [-0.3, -0.25) is 14.3 Å². The Morgan fingerprint density at radius 1 is 0.848 bits per heavy atom. The summed E-state index contributed by atoms with van der Waals surface area (Å²) in [5.41, 5.74) is 3.19. The van der Waals surface area contributed by atoms with Crippen LogP contribution in [0.15, 0.2) is 48.5 Å². The normalized spacial score (nSPS) is 16.7. The van der Waals surface area contributed by atoms with Crippen LogP contribution in [-0.2, 0) is 26.2 Å². The van der Waals surface area contributed by atoms with E-state index in [1.54, 1.807) is 17.0 Å². The smallest absolute Gasteiger partial charge is 0.241 e. The Morgan fingerprint density at radius 3 is 2.15 bits per heavy atom. The molecule has 2 aliphatic heterocycles. The molecule has 2 fully saturated rings. The van der Waals surface area contributed by atoms with E-state index in [1.165, 1.54) is 19.3 Å². The van der Waals surface area contributed by atoms with Gasteiger partial charge in [0.25, 0.3) is 0 Å². The molecule has 0 bridgehead atoms. The van der Waals surface area contributed by atoms with Crippen molar-refractivity contribution in [3.8, 4) is 0 Å². The fourth-order valence-corrected chi connectivity index (χ4v) is 5.26. The second-order valence-electron chi connectivity index (χ2n) is 8.55. The molecule has 2 amide bonds. The van der Waals surface area contributed by atoms with E-state index in [0.717, 1.165) is 43.0 Å². The number of anilines is 3. The van der Waals surface area contributed by atoms with Crippen molar-refractivity contribution in [2.45, 2.75) is 38.6 Å². The van der Waals surface area contributed by atoms with Gasteiger partial charge in [-0.15, -0.1) is 0 Å². The summed E-state index contributed by atoms with van der Waals surface area (Å²) in [4.78, 5) is 28.1. The molecule has 0 spiro atoms. The molecule has 2 heterocycles. The standard InChI is InChI=1S/C24H30N4O4S/c29-23(25-17-19-6-10-22(11-7-19)28-16-4-5-24(28)30)18-33(31,32)26-20-8-12-21(13-9-20)27-14-2-1-3-15-27/h6-13,26H,1-5,14-18H2,(H,25,29). The van der Waals surface area contributed by atoms with Gasteiger partial charge in [0.05, 0.1) is 0 Å². The van der Waals surface area contributed by atoms with E-state index in [0.29, 0.717) is 12.1 Å². The van der Waals surface area contributed by atoms with Crippen LogP contribution in [0.25, 0.3) is 0 Å². The lowest BCUT2D eigenvalue weighted by molar-refractivity contribution is -0.119. The molecule has 2 N–H and O–H groups in total. The number of nitrogens with zero attached hydrogens (tertiary/aromatic N) is 2. The molecule has 0 saturated carbocycles. The predicted molar refractivity (Wildman–Crippen MR) is 130 cm³/mol. The first kappa shape index (κ1) is 23.1. The fraction of sp³-hybridized carbons (Fsp3) is 0.417. The molecule has 0 aromatic heterocycles. The Balaban J connectivity index is 1.25. The minimum absolute atomic E-state index is 0.120. The third kappa shape index (κ3) is 6.25. The average Bonchev–Trinajstić information content (AvgIpc) is 3.24. The summed E-state index contributed by atoms with van der Waals surface area (Å²) in [5, 5.41) is 2.65. The lowest BCUT2D eigenvalue weighted by atomic mass is 10.1. The summed E-state index contributed by atoms with van der Waals surface area (Å²) in [5.74, 6) is -1.11. The van der Waals surface area contributed by atoms with Gasteiger partial charge >= 0.3 is 0 Å². The number of amides is 2. The van der Waals surface area contributed by atoms with Crippen molar-refractivity contribution in [3.63, 3.8) is 0 Å². The number of sulfonamides is 1. The van der Waals surface area contributed by atoms with E-state index in [1.807, 2.05) is 36.4 Å². The first-order valence-electron chi connectivity index (χ1n) is 11.4. The summed E-state index contributed by atoms with van der Waals surface area (Å²) in [7, 11) is -3.82. The molecule has 0 aliphatic carbocycles. The molecule has 176 valence electrons. The first-order valence-corrected chi connectivity index (χ1v) is 13.1. The number of hydrogen-bond donors (Lipinski definition) is 2. The van der Waals surface area contributed by atoms with Gasteiger partial charge < -0.3 is 15.1 Å². The second-order valence-corrected chi connectivity index (χ2v) is 10.3. The van der Waals surface area contributed by atoms with E-state index in [4.69, 9.17) is 0 Å². The number of carbonyl (C=O) groups is 2. The number of carbonyl (C=O) groups excluding carboxylic acids is 2. The molecule has 33 heavy (non-hydrogen) atoms. The summed E-state index contributed by atoms with van der Waals surface area (Å²) >= 11 is 0. The molecular weight excluding hydrogens is 440 g/mol. The number of piperidine rings is 1. The van der Waals surface area contributed by atoms with Gasteiger partial charge in [-0.2, -0.15) is 0 Å². The van der Waals surface area contributed by atoms with Crippen molar-refractivity contribution >= 4 is 38.9 Å². The van der Waals surface area contributed by atoms with Crippen LogP contribution in [0.4, 0.5) is 17.1 Å². The third-order valence-electron chi connectivity index (χ3n) is 5.99. The van der Waals surface area contributed by atoms with Gasteiger partial charge in [-0.25, -0.2) is 8.42 Å². The summed E-state index contributed by atoms with van der Waals surface area (Å²) < 4.78 is 27.3. The molecule has 0 radical (unpaired) electrons. The molecule has 4 rings (SSSR count). The fourth-order valence-electron chi connectivity index (χ4n) is 4.25.